The molecule has 0 fully saturated rings. The van der Waals surface area contributed by atoms with E-state index in [0.29, 0.717) is 0 Å². The summed E-state index contributed by atoms with van der Waals surface area (Å²) in [6.45, 7) is 1.54. The zero-order valence-corrected chi connectivity index (χ0v) is 8.68. The lowest BCUT2D eigenvalue weighted by Crippen LogP contribution is -2.14. The third-order valence-electron chi connectivity index (χ3n) is 2.13. The third-order valence-corrected chi connectivity index (χ3v) is 2.43. The lowest BCUT2D eigenvalue weighted by molar-refractivity contribution is -0.139. The maximum absolute atomic E-state index is 13.4. The molecule has 2 nitrogen and oxygen atoms in total. The molecule has 82 valence electrons. The van der Waals surface area contributed by atoms with E-state index in [2.05, 4.69) is 0 Å². The number of carboxylic acid groups (broad SMARTS) is 1. The van der Waals surface area contributed by atoms with Gasteiger partial charge in [0.15, 0.2) is 0 Å². The number of carboxylic acids is 1. The standard InChI is InChI=1S/C10H9ClF2O2/c1-2-5(10(14)15)8-7(12)4-3-6(11)9(8)13/h3-5H,2H2,1H3,(H,14,15). The number of rotatable bonds is 3. The first-order valence-electron chi connectivity index (χ1n) is 4.35. The molecule has 0 saturated carbocycles. The molecule has 0 aliphatic heterocycles. The Labute approximate surface area is 90.5 Å². The van der Waals surface area contributed by atoms with Crippen LogP contribution in [0.4, 0.5) is 8.78 Å². The first kappa shape index (κ1) is 11.9. The molecule has 0 radical (unpaired) electrons. The Morgan fingerprint density at radius 2 is 2.13 bits per heavy atom. The summed E-state index contributed by atoms with van der Waals surface area (Å²) in [4.78, 5) is 10.8. The summed E-state index contributed by atoms with van der Waals surface area (Å²) >= 11 is 5.46. The summed E-state index contributed by atoms with van der Waals surface area (Å²) in [5.41, 5.74) is -0.475. The Kier molecular flexibility index (Phi) is 3.63. The lowest BCUT2D eigenvalue weighted by atomic mass is 9.95. The minimum atomic E-state index is -1.27. The van der Waals surface area contributed by atoms with E-state index >= 15 is 0 Å². The van der Waals surface area contributed by atoms with Crippen LogP contribution in [0, 0.1) is 11.6 Å². The monoisotopic (exact) mass is 234 g/mol. The molecule has 0 aromatic heterocycles. The van der Waals surface area contributed by atoms with Crippen molar-refractivity contribution in [1.82, 2.24) is 0 Å². The van der Waals surface area contributed by atoms with Crippen molar-refractivity contribution in [3.05, 3.63) is 34.4 Å². The number of halogens is 3. The average Bonchev–Trinajstić information content (AvgIpc) is 2.18. The molecule has 1 rings (SSSR count). The van der Waals surface area contributed by atoms with E-state index in [0.717, 1.165) is 12.1 Å². The highest BCUT2D eigenvalue weighted by atomic mass is 35.5. The predicted octanol–water partition coefficient (Wildman–Crippen LogP) is 3.20. The van der Waals surface area contributed by atoms with Gasteiger partial charge in [0.1, 0.15) is 11.6 Å². The molecule has 1 atom stereocenters. The smallest absolute Gasteiger partial charge is 0.311 e. The van der Waals surface area contributed by atoms with Crippen molar-refractivity contribution >= 4 is 17.6 Å². The van der Waals surface area contributed by atoms with Crippen molar-refractivity contribution in [2.45, 2.75) is 19.3 Å². The first-order valence-corrected chi connectivity index (χ1v) is 4.73. The van der Waals surface area contributed by atoms with Gasteiger partial charge in [0.2, 0.25) is 0 Å². The van der Waals surface area contributed by atoms with Gasteiger partial charge in [-0.25, -0.2) is 8.78 Å². The predicted molar refractivity (Wildman–Crippen MR) is 52.0 cm³/mol. The van der Waals surface area contributed by atoms with Gasteiger partial charge < -0.3 is 5.11 Å². The molecule has 0 spiro atoms. The minimum absolute atomic E-state index is 0.101. The largest absolute Gasteiger partial charge is 0.481 e. The average molecular weight is 235 g/mol. The van der Waals surface area contributed by atoms with Crippen LogP contribution in [0.3, 0.4) is 0 Å². The normalized spacial score (nSPS) is 12.5. The maximum atomic E-state index is 13.4. The number of aliphatic carboxylic acids is 1. The molecule has 0 aliphatic rings. The topological polar surface area (TPSA) is 37.3 Å². The Bertz CT molecular complexity index is 393. The number of benzene rings is 1. The Balaban J connectivity index is 3.34. The van der Waals surface area contributed by atoms with Gasteiger partial charge in [-0.2, -0.15) is 0 Å². The fourth-order valence-corrected chi connectivity index (χ4v) is 1.53. The van der Waals surface area contributed by atoms with Crippen LogP contribution in [0.25, 0.3) is 0 Å². The molecule has 0 aliphatic carbocycles. The van der Waals surface area contributed by atoms with E-state index in [1.54, 1.807) is 6.92 Å². The van der Waals surface area contributed by atoms with E-state index in [1.165, 1.54) is 0 Å². The van der Waals surface area contributed by atoms with Crippen molar-refractivity contribution < 1.29 is 18.7 Å². The zero-order valence-electron chi connectivity index (χ0n) is 7.93. The van der Waals surface area contributed by atoms with Gasteiger partial charge in [-0.3, -0.25) is 4.79 Å². The van der Waals surface area contributed by atoms with Crippen molar-refractivity contribution in [2.75, 3.05) is 0 Å². The summed E-state index contributed by atoms with van der Waals surface area (Å²) in [7, 11) is 0. The van der Waals surface area contributed by atoms with E-state index in [4.69, 9.17) is 16.7 Å². The third kappa shape index (κ3) is 2.26. The molecular formula is C10H9ClF2O2. The second kappa shape index (κ2) is 4.57. The second-order valence-electron chi connectivity index (χ2n) is 3.06. The van der Waals surface area contributed by atoms with Crippen molar-refractivity contribution in [1.29, 1.82) is 0 Å². The van der Waals surface area contributed by atoms with Crippen molar-refractivity contribution in [3.8, 4) is 0 Å². The molecule has 15 heavy (non-hydrogen) atoms. The van der Waals surface area contributed by atoms with Gasteiger partial charge >= 0.3 is 5.97 Å². The van der Waals surface area contributed by atoms with Crippen molar-refractivity contribution in [2.24, 2.45) is 0 Å². The molecule has 1 N–H and O–H groups in total. The number of hydrogen-bond acceptors (Lipinski definition) is 1. The highest BCUT2D eigenvalue weighted by Gasteiger charge is 2.26. The maximum Gasteiger partial charge on any atom is 0.311 e. The van der Waals surface area contributed by atoms with Crippen LogP contribution in [-0.2, 0) is 4.79 Å². The van der Waals surface area contributed by atoms with Crippen LogP contribution < -0.4 is 0 Å². The Hall–Kier alpha value is -1.16. The number of carbonyl (C=O) groups is 1. The van der Waals surface area contributed by atoms with E-state index in [-0.39, 0.29) is 11.4 Å². The zero-order chi connectivity index (χ0) is 11.6. The summed E-state index contributed by atoms with van der Waals surface area (Å²) < 4.78 is 26.7. The molecule has 1 unspecified atom stereocenters. The summed E-state index contributed by atoms with van der Waals surface area (Å²) in [5.74, 6) is -4.35. The SMILES string of the molecule is CCC(C(=O)O)c1c(F)ccc(Cl)c1F. The Morgan fingerprint density at radius 1 is 1.53 bits per heavy atom. The van der Waals surface area contributed by atoms with Crippen LogP contribution >= 0.6 is 11.6 Å². The Morgan fingerprint density at radius 3 is 2.60 bits per heavy atom. The minimum Gasteiger partial charge on any atom is -0.481 e. The molecule has 1 aromatic carbocycles. The van der Waals surface area contributed by atoms with Gasteiger partial charge in [-0.05, 0) is 18.6 Å². The highest BCUT2D eigenvalue weighted by Crippen LogP contribution is 2.29. The van der Waals surface area contributed by atoms with Crippen LogP contribution in [0.5, 0.6) is 0 Å². The molecule has 5 heteroatoms. The summed E-state index contributed by atoms with van der Waals surface area (Å²) in [6.07, 6.45) is 0.101. The second-order valence-corrected chi connectivity index (χ2v) is 3.46. The molecule has 0 saturated heterocycles. The van der Waals surface area contributed by atoms with Crippen LogP contribution in [0.2, 0.25) is 5.02 Å². The quantitative estimate of drug-likeness (QED) is 0.816. The van der Waals surface area contributed by atoms with Gasteiger partial charge in [-0.15, -0.1) is 0 Å². The van der Waals surface area contributed by atoms with E-state index in [1.807, 2.05) is 0 Å². The molecule has 0 amide bonds. The molecule has 0 heterocycles. The van der Waals surface area contributed by atoms with Crippen LogP contribution in [0.15, 0.2) is 12.1 Å². The molecule has 1 aromatic rings. The fraction of sp³-hybridized carbons (Fsp3) is 0.300. The van der Waals surface area contributed by atoms with Gasteiger partial charge in [0.25, 0.3) is 0 Å². The molecule has 0 bridgehead atoms. The van der Waals surface area contributed by atoms with Gasteiger partial charge in [-0.1, -0.05) is 18.5 Å². The fourth-order valence-electron chi connectivity index (χ4n) is 1.36. The van der Waals surface area contributed by atoms with Gasteiger partial charge in [0, 0.05) is 5.56 Å². The highest BCUT2D eigenvalue weighted by molar-refractivity contribution is 6.30. The molecular weight excluding hydrogens is 226 g/mol. The van der Waals surface area contributed by atoms with Crippen LogP contribution in [0.1, 0.15) is 24.8 Å². The first-order chi connectivity index (χ1) is 6.99. The summed E-state index contributed by atoms with van der Waals surface area (Å²) in [5, 5.41) is 8.52. The lowest BCUT2D eigenvalue weighted by Gasteiger charge is -2.12. The summed E-state index contributed by atoms with van der Waals surface area (Å²) in [6, 6.07) is 2.02. The van der Waals surface area contributed by atoms with Gasteiger partial charge in [0.05, 0.1) is 10.9 Å². The number of hydrogen-bond donors (Lipinski definition) is 1. The van der Waals surface area contributed by atoms with E-state index < -0.39 is 29.1 Å². The van der Waals surface area contributed by atoms with Crippen molar-refractivity contribution in [3.63, 3.8) is 0 Å². The van der Waals surface area contributed by atoms with Crippen LogP contribution in [-0.4, -0.2) is 11.1 Å². The van der Waals surface area contributed by atoms with E-state index in [9.17, 15) is 13.6 Å².